The molecule has 0 atom stereocenters. The van der Waals surface area contributed by atoms with E-state index in [1.165, 1.54) is 22.9 Å². The van der Waals surface area contributed by atoms with Crippen LogP contribution in [0.1, 0.15) is 26.2 Å². The second-order valence-electron chi connectivity index (χ2n) is 3.23. The number of hydrogen-bond donors (Lipinski definition) is 0. The predicted molar refractivity (Wildman–Crippen MR) is 78.5 cm³/mol. The first-order chi connectivity index (χ1) is 7.26. The average molecular weight is 448 g/mol. The van der Waals surface area contributed by atoms with Crippen molar-refractivity contribution < 1.29 is 0 Å². The van der Waals surface area contributed by atoms with Crippen molar-refractivity contribution in [2.45, 2.75) is 26.2 Å². The summed E-state index contributed by atoms with van der Waals surface area (Å²) in [6.45, 7) is 2.24. The Balaban J connectivity index is 2.55. The van der Waals surface area contributed by atoms with Gasteiger partial charge in [0.05, 0.1) is 0 Å². The fourth-order valence-corrected chi connectivity index (χ4v) is 4.89. The fraction of sp³-hybridized carbons (Fsp3) is 0.333. The van der Waals surface area contributed by atoms with Crippen molar-refractivity contribution in [2.24, 2.45) is 0 Å². The summed E-state index contributed by atoms with van der Waals surface area (Å²) in [5.74, 6) is 0. The Kier molecular flexibility index (Phi) is 7.33. The molecule has 82 valence electrons. The van der Waals surface area contributed by atoms with Gasteiger partial charge in [-0.3, -0.25) is 0 Å². The van der Waals surface area contributed by atoms with Crippen LogP contribution < -0.4 is 3.61 Å². The van der Waals surface area contributed by atoms with Crippen molar-refractivity contribution in [3.8, 4) is 0 Å². The zero-order valence-electron chi connectivity index (χ0n) is 8.67. The van der Waals surface area contributed by atoms with E-state index in [2.05, 4.69) is 45.7 Å². The maximum atomic E-state index is 5.86. The van der Waals surface area contributed by atoms with E-state index in [1.54, 1.807) is 3.62 Å². The second-order valence-corrected chi connectivity index (χ2v) is 7.72. The van der Waals surface area contributed by atoms with Gasteiger partial charge < -0.3 is 0 Å². The number of rotatable bonds is 5. The number of allylic oxidation sites excluding steroid dienone is 1. The van der Waals surface area contributed by atoms with Gasteiger partial charge in [0.1, 0.15) is 0 Å². The van der Waals surface area contributed by atoms with Crippen LogP contribution in [0.25, 0.3) is 0 Å². The number of benzene rings is 1. The topological polar surface area (TPSA) is 0 Å². The first-order valence-corrected chi connectivity index (χ1v) is 8.94. The summed E-state index contributed by atoms with van der Waals surface area (Å²) >= 11 is 8.08. The number of unbranched alkanes of at least 4 members (excludes halogenated alkanes) is 1. The first kappa shape index (κ1) is 13.8. The van der Waals surface area contributed by atoms with Crippen LogP contribution in [0.4, 0.5) is 0 Å². The summed E-state index contributed by atoms with van der Waals surface area (Å²) in [4.78, 5) is 0. The molecule has 0 saturated carbocycles. The second kappa shape index (κ2) is 7.95. The van der Waals surface area contributed by atoms with E-state index in [0.717, 1.165) is 5.02 Å². The van der Waals surface area contributed by atoms with Gasteiger partial charge in [0.25, 0.3) is 0 Å². The third kappa shape index (κ3) is 5.58. The molecule has 0 heterocycles. The van der Waals surface area contributed by atoms with Crippen LogP contribution in [0.2, 0.25) is 5.02 Å². The van der Waals surface area contributed by atoms with Crippen molar-refractivity contribution in [2.75, 3.05) is 0 Å². The van der Waals surface area contributed by atoms with E-state index in [0.29, 0.717) is 0 Å². The summed E-state index contributed by atoms with van der Waals surface area (Å²) in [6, 6.07) is 8.31. The molecule has 0 N–H and O–H groups in total. The molecule has 0 saturated heterocycles. The Bertz CT molecular complexity index is 319. The number of hydrogen-bond acceptors (Lipinski definition) is 0. The quantitative estimate of drug-likeness (QED) is 0.470. The van der Waals surface area contributed by atoms with Gasteiger partial charge in [0.2, 0.25) is 0 Å². The van der Waals surface area contributed by atoms with Crippen LogP contribution in [0, 0.1) is 0 Å². The molecule has 1 aromatic rings. The Morgan fingerprint density at radius 1 is 1.40 bits per heavy atom. The molecule has 0 fully saturated rings. The molecule has 1 aromatic carbocycles. The molecule has 15 heavy (non-hydrogen) atoms. The molecular formula is C12H14ClITe. The molecule has 0 bridgehead atoms. The standard InChI is InChI=1S/C12H14ClITe/c1-2-3-4-12(9-14)15-11-7-5-10(13)6-8-11/h5-9H,2-4H2,1H3/b12-9+. The summed E-state index contributed by atoms with van der Waals surface area (Å²) in [5, 5.41) is 0.833. The van der Waals surface area contributed by atoms with E-state index < -0.39 is 0 Å². The molecule has 1 rings (SSSR count). The van der Waals surface area contributed by atoms with Gasteiger partial charge in [-0.1, -0.05) is 0 Å². The Labute approximate surface area is 121 Å². The summed E-state index contributed by atoms with van der Waals surface area (Å²) in [7, 11) is 0. The molecule has 3 heteroatoms. The zero-order chi connectivity index (χ0) is 11.1. The van der Waals surface area contributed by atoms with Crippen molar-refractivity contribution in [3.63, 3.8) is 0 Å². The third-order valence-corrected chi connectivity index (χ3v) is 7.39. The summed E-state index contributed by atoms with van der Waals surface area (Å²) in [5.41, 5.74) is 0. The van der Waals surface area contributed by atoms with Crippen molar-refractivity contribution in [1.29, 1.82) is 0 Å². The van der Waals surface area contributed by atoms with Gasteiger partial charge in [-0.2, -0.15) is 0 Å². The van der Waals surface area contributed by atoms with Gasteiger partial charge in [0.15, 0.2) is 0 Å². The molecule has 0 aliphatic heterocycles. The Hall–Kier alpha value is 0.770. The van der Waals surface area contributed by atoms with Crippen molar-refractivity contribution in [3.05, 3.63) is 37.0 Å². The fourth-order valence-electron chi connectivity index (χ4n) is 1.13. The Morgan fingerprint density at radius 2 is 2.07 bits per heavy atom. The van der Waals surface area contributed by atoms with Gasteiger partial charge in [-0.25, -0.2) is 0 Å². The van der Waals surface area contributed by atoms with Crippen molar-refractivity contribution >= 4 is 58.7 Å². The van der Waals surface area contributed by atoms with E-state index >= 15 is 0 Å². The maximum absolute atomic E-state index is 5.86. The molecule has 0 aliphatic rings. The third-order valence-electron chi connectivity index (χ3n) is 1.96. The predicted octanol–water partition coefficient (Wildman–Crippen LogP) is 4.14. The molecule has 0 radical (unpaired) electrons. The van der Waals surface area contributed by atoms with E-state index in [4.69, 9.17) is 11.6 Å². The molecule has 0 aliphatic carbocycles. The van der Waals surface area contributed by atoms with Gasteiger partial charge in [0, 0.05) is 0 Å². The molecule has 0 nitrogen and oxygen atoms in total. The summed E-state index contributed by atoms with van der Waals surface area (Å²) in [6.07, 6.45) is 3.86. The SMILES string of the molecule is CCCC/C(=C\I)[Te]c1ccc(Cl)cc1. The van der Waals surface area contributed by atoms with Crippen LogP contribution in [-0.2, 0) is 0 Å². The van der Waals surface area contributed by atoms with Crippen LogP contribution in [0.3, 0.4) is 0 Å². The van der Waals surface area contributed by atoms with E-state index in [1.807, 2.05) is 12.1 Å². The van der Waals surface area contributed by atoms with Crippen LogP contribution in [0.15, 0.2) is 32.0 Å². The molecular weight excluding hydrogens is 434 g/mol. The number of halogens is 2. The molecule has 0 unspecified atom stereocenters. The van der Waals surface area contributed by atoms with Gasteiger partial charge >= 0.3 is 122 Å². The Morgan fingerprint density at radius 3 is 2.60 bits per heavy atom. The minimum absolute atomic E-state index is 0.156. The van der Waals surface area contributed by atoms with Crippen molar-refractivity contribution in [1.82, 2.24) is 0 Å². The molecule has 0 spiro atoms. The van der Waals surface area contributed by atoms with Crippen LogP contribution >= 0.6 is 34.2 Å². The minimum atomic E-state index is -0.156. The van der Waals surface area contributed by atoms with Gasteiger partial charge in [-0.15, -0.1) is 0 Å². The van der Waals surface area contributed by atoms with Crippen LogP contribution in [0.5, 0.6) is 0 Å². The van der Waals surface area contributed by atoms with Crippen LogP contribution in [-0.4, -0.2) is 20.9 Å². The monoisotopic (exact) mass is 450 g/mol. The zero-order valence-corrected chi connectivity index (χ0v) is 13.9. The normalized spacial score (nSPS) is 11.8. The molecule has 0 amide bonds. The van der Waals surface area contributed by atoms with E-state index in [-0.39, 0.29) is 20.9 Å². The summed E-state index contributed by atoms with van der Waals surface area (Å²) < 4.78 is 5.39. The van der Waals surface area contributed by atoms with E-state index in [9.17, 15) is 0 Å². The average Bonchev–Trinajstić information content (AvgIpc) is 2.27. The first-order valence-electron chi connectivity index (χ1n) is 4.99. The molecule has 0 aromatic heterocycles. The van der Waals surface area contributed by atoms with Gasteiger partial charge in [-0.05, 0) is 0 Å².